The molecule has 1 aliphatic heterocycles. The third kappa shape index (κ3) is 2.46. The third-order valence-corrected chi connectivity index (χ3v) is 5.42. The molecule has 0 bridgehead atoms. The lowest BCUT2D eigenvalue weighted by Gasteiger charge is -2.33. The molecule has 0 radical (unpaired) electrons. The number of hydrogen-bond donors (Lipinski definition) is 1. The fourth-order valence-electron chi connectivity index (χ4n) is 2.96. The molecular formula is C11H19N3O4S. The van der Waals surface area contributed by atoms with E-state index in [2.05, 4.69) is 4.72 Å². The highest BCUT2D eigenvalue weighted by molar-refractivity contribution is 7.88. The van der Waals surface area contributed by atoms with Crippen LogP contribution in [0, 0.1) is 5.92 Å². The summed E-state index contributed by atoms with van der Waals surface area (Å²) in [6.45, 7) is 1.24. The van der Waals surface area contributed by atoms with Crippen molar-refractivity contribution in [3.8, 4) is 0 Å². The maximum Gasteiger partial charge on any atom is 0.304 e. The molecule has 1 N–H and O–H groups in total. The van der Waals surface area contributed by atoms with Gasteiger partial charge in [-0.2, -0.15) is 13.1 Å². The van der Waals surface area contributed by atoms with Gasteiger partial charge in [0.15, 0.2) is 0 Å². The Balaban J connectivity index is 2.22. The second-order valence-corrected chi connectivity index (χ2v) is 6.93. The van der Waals surface area contributed by atoms with Crippen LogP contribution in [0.4, 0.5) is 0 Å². The molecule has 0 aromatic carbocycles. The number of hydrogen-bond acceptors (Lipinski definition) is 4. The third-order valence-electron chi connectivity index (χ3n) is 3.78. The van der Waals surface area contributed by atoms with Crippen LogP contribution in [0.1, 0.15) is 26.2 Å². The van der Waals surface area contributed by atoms with E-state index >= 15 is 0 Å². The molecule has 7 nitrogen and oxygen atoms in total. The lowest BCUT2D eigenvalue weighted by atomic mass is 9.82. The first kappa shape index (κ1) is 14.3. The Bertz CT molecular complexity index is 502. The minimum absolute atomic E-state index is 0.00810. The Morgan fingerprint density at radius 2 is 1.89 bits per heavy atom. The Labute approximate surface area is 113 Å². The van der Waals surface area contributed by atoms with Gasteiger partial charge in [-0.05, 0) is 19.3 Å². The van der Waals surface area contributed by atoms with E-state index in [1.54, 1.807) is 14.1 Å². The van der Waals surface area contributed by atoms with Crippen LogP contribution >= 0.6 is 0 Å². The summed E-state index contributed by atoms with van der Waals surface area (Å²) in [6, 6.07) is -0.703. The van der Waals surface area contributed by atoms with Gasteiger partial charge in [0.1, 0.15) is 0 Å². The van der Waals surface area contributed by atoms with Crippen LogP contribution in [0.15, 0.2) is 0 Å². The summed E-state index contributed by atoms with van der Waals surface area (Å²) >= 11 is 0. The lowest BCUT2D eigenvalue weighted by molar-refractivity contribution is -0.136. The van der Waals surface area contributed by atoms with Crippen molar-refractivity contribution in [1.29, 1.82) is 0 Å². The average Bonchev–Trinajstić information content (AvgIpc) is 2.56. The van der Waals surface area contributed by atoms with Gasteiger partial charge in [0.2, 0.25) is 11.8 Å². The SMILES string of the molecule is CC(=O)N1[C@@H]2C[C@@H](C(=O)N(C)C)CC[C@@H]2NS1(=O)=O. The van der Waals surface area contributed by atoms with Gasteiger partial charge in [0.05, 0.1) is 6.04 Å². The lowest BCUT2D eigenvalue weighted by Crippen LogP contribution is -2.46. The molecule has 2 amide bonds. The molecule has 0 unspecified atom stereocenters. The van der Waals surface area contributed by atoms with Gasteiger partial charge in [0.25, 0.3) is 0 Å². The van der Waals surface area contributed by atoms with Crippen LogP contribution in [0.25, 0.3) is 0 Å². The normalized spacial score (nSPS) is 32.8. The highest BCUT2D eigenvalue weighted by atomic mass is 32.2. The van der Waals surface area contributed by atoms with Crippen molar-refractivity contribution in [2.24, 2.45) is 5.92 Å². The van der Waals surface area contributed by atoms with Gasteiger partial charge >= 0.3 is 10.2 Å². The van der Waals surface area contributed by atoms with Crippen molar-refractivity contribution in [1.82, 2.24) is 13.9 Å². The summed E-state index contributed by atoms with van der Waals surface area (Å²) < 4.78 is 27.2. The number of fused-ring (bicyclic) bond motifs is 1. The van der Waals surface area contributed by atoms with E-state index in [1.165, 1.54) is 11.8 Å². The predicted octanol–water partition coefficient (Wildman–Crippen LogP) is -0.692. The molecule has 0 aromatic heterocycles. The molecule has 1 saturated carbocycles. The van der Waals surface area contributed by atoms with Crippen LogP contribution in [0.3, 0.4) is 0 Å². The molecule has 0 spiro atoms. The van der Waals surface area contributed by atoms with E-state index in [0.717, 1.165) is 4.31 Å². The van der Waals surface area contributed by atoms with E-state index in [4.69, 9.17) is 0 Å². The van der Waals surface area contributed by atoms with Crippen molar-refractivity contribution in [3.63, 3.8) is 0 Å². The predicted molar refractivity (Wildman–Crippen MR) is 68.2 cm³/mol. The summed E-state index contributed by atoms with van der Waals surface area (Å²) in [5, 5.41) is 0. The van der Waals surface area contributed by atoms with Crippen LogP contribution in [-0.4, -0.2) is 55.6 Å². The van der Waals surface area contributed by atoms with Gasteiger partial charge in [-0.25, -0.2) is 4.31 Å². The van der Waals surface area contributed by atoms with E-state index in [1.807, 2.05) is 0 Å². The molecule has 2 rings (SSSR count). The van der Waals surface area contributed by atoms with Crippen LogP contribution in [0.5, 0.6) is 0 Å². The van der Waals surface area contributed by atoms with Crippen LogP contribution in [0.2, 0.25) is 0 Å². The molecule has 19 heavy (non-hydrogen) atoms. The van der Waals surface area contributed by atoms with E-state index in [-0.39, 0.29) is 17.9 Å². The van der Waals surface area contributed by atoms with Crippen LogP contribution < -0.4 is 4.72 Å². The van der Waals surface area contributed by atoms with Gasteiger partial charge in [-0.15, -0.1) is 0 Å². The topological polar surface area (TPSA) is 86.8 Å². The smallest absolute Gasteiger partial charge is 0.304 e. The summed E-state index contributed by atoms with van der Waals surface area (Å²) in [5.41, 5.74) is 0. The van der Waals surface area contributed by atoms with Gasteiger partial charge in [-0.1, -0.05) is 0 Å². The van der Waals surface area contributed by atoms with E-state index in [9.17, 15) is 18.0 Å². The summed E-state index contributed by atoms with van der Waals surface area (Å²) in [4.78, 5) is 25.0. The molecular weight excluding hydrogens is 270 g/mol. The molecule has 8 heteroatoms. The minimum atomic E-state index is -3.73. The summed E-state index contributed by atoms with van der Waals surface area (Å²) in [6.07, 6.45) is 1.62. The molecule has 0 aromatic rings. The molecule has 108 valence electrons. The van der Waals surface area contributed by atoms with Gasteiger partial charge in [-0.3, -0.25) is 9.59 Å². The second kappa shape index (κ2) is 4.75. The zero-order chi connectivity index (χ0) is 14.4. The van der Waals surface area contributed by atoms with Gasteiger partial charge in [0, 0.05) is 33.0 Å². The molecule has 1 heterocycles. The molecule has 1 aliphatic carbocycles. The largest absolute Gasteiger partial charge is 0.349 e. The Morgan fingerprint density at radius 1 is 1.26 bits per heavy atom. The van der Waals surface area contributed by atoms with Crippen molar-refractivity contribution in [2.75, 3.05) is 14.1 Å². The number of rotatable bonds is 1. The molecule has 2 fully saturated rings. The van der Waals surface area contributed by atoms with Crippen molar-refractivity contribution >= 4 is 22.0 Å². The number of nitrogens with one attached hydrogen (secondary N) is 1. The molecule has 1 saturated heterocycles. The quantitative estimate of drug-likeness (QED) is 0.692. The first-order chi connectivity index (χ1) is 8.74. The van der Waals surface area contributed by atoms with Crippen molar-refractivity contribution in [3.05, 3.63) is 0 Å². The fourth-order valence-corrected chi connectivity index (χ4v) is 4.66. The Hall–Kier alpha value is -1.15. The van der Waals surface area contributed by atoms with Gasteiger partial charge < -0.3 is 4.90 Å². The first-order valence-electron chi connectivity index (χ1n) is 6.27. The highest BCUT2D eigenvalue weighted by Gasteiger charge is 2.49. The fraction of sp³-hybridized carbons (Fsp3) is 0.818. The zero-order valence-corrected chi connectivity index (χ0v) is 12.1. The minimum Gasteiger partial charge on any atom is -0.349 e. The zero-order valence-electron chi connectivity index (χ0n) is 11.3. The highest BCUT2D eigenvalue weighted by Crippen LogP contribution is 2.34. The first-order valence-corrected chi connectivity index (χ1v) is 7.71. The number of nitrogens with zero attached hydrogens (tertiary/aromatic N) is 2. The summed E-state index contributed by atoms with van der Waals surface area (Å²) in [7, 11) is -0.367. The average molecular weight is 289 g/mol. The van der Waals surface area contributed by atoms with Crippen molar-refractivity contribution in [2.45, 2.75) is 38.3 Å². The van der Waals surface area contributed by atoms with E-state index < -0.39 is 22.2 Å². The van der Waals surface area contributed by atoms with Crippen molar-refractivity contribution < 1.29 is 18.0 Å². The van der Waals surface area contributed by atoms with Crippen LogP contribution in [-0.2, 0) is 19.8 Å². The standard InChI is InChI=1S/C11H19N3O4S/c1-7(15)14-10-6-8(11(16)13(2)3)4-5-9(10)12-19(14,17)18/h8-10,12H,4-6H2,1-3H3/t8-,9-,10+/m0/s1. The molecule has 3 atom stereocenters. The maximum atomic E-state index is 12.0. The number of amides is 2. The Morgan fingerprint density at radius 3 is 2.42 bits per heavy atom. The maximum absolute atomic E-state index is 12.0. The number of carbonyl (C=O) groups is 2. The summed E-state index contributed by atoms with van der Waals surface area (Å²) in [5.74, 6) is -0.725. The van der Waals surface area contributed by atoms with E-state index in [0.29, 0.717) is 19.3 Å². The monoisotopic (exact) mass is 289 g/mol. The second-order valence-electron chi connectivity index (χ2n) is 5.35. The molecule has 2 aliphatic rings. The number of carbonyl (C=O) groups excluding carboxylic acids is 2. The Kier molecular flexibility index (Phi) is 3.57.